The molecule has 0 aliphatic heterocycles. The quantitative estimate of drug-likeness (QED) is 0.144. The van der Waals surface area contributed by atoms with Crippen molar-refractivity contribution in [2.24, 2.45) is 0 Å². The fraction of sp³-hybridized carbons (Fsp3) is 0.0588. The SMILES string of the molecule is Cc1nn(-c2ccccc2)c([OH2+])c1C(=[OH+])c1ccccc1.Cc1nn(-c2ccccc2)c([OH2+])c1C(=[OH+])c1ccccc1.[Sn]. The van der Waals surface area contributed by atoms with E-state index in [9.17, 15) is 9.59 Å². The van der Waals surface area contributed by atoms with Gasteiger partial charge in [0.15, 0.2) is 0 Å². The molecule has 2 aromatic heterocycles. The van der Waals surface area contributed by atoms with Gasteiger partial charge >= 0.3 is 23.3 Å². The summed E-state index contributed by atoms with van der Waals surface area (Å²) in [5.74, 6) is 0.528. The van der Waals surface area contributed by atoms with Gasteiger partial charge in [0.1, 0.15) is 0 Å². The van der Waals surface area contributed by atoms with Crippen LogP contribution in [0.2, 0.25) is 0 Å². The molecular weight excluding hydrogens is 647 g/mol. The van der Waals surface area contributed by atoms with Crippen molar-refractivity contribution in [3.63, 3.8) is 0 Å². The van der Waals surface area contributed by atoms with E-state index in [2.05, 4.69) is 10.2 Å². The average Bonchev–Trinajstić information content (AvgIpc) is 3.51. The number of ketones is 2. The standard InChI is InChI=1S/2C17H14N2O2.Sn/c2*1-12-15(16(20)13-8-4-2-5-9-13)17(21)19(18-12)14-10-6-3-7-11-14;/h2*2-11,21H,1H3;/p+4. The van der Waals surface area contributed by atoms with Crippen LogP contribution in [0.15, 0.2) is 121 Å². The predicted octanol–water partition coefficient (Wildman–Crippen LogP) is 4.74. The first kappa shape index (κ1) is 31.0. The van der Waals surface area contributed by atoms with Gasteiger partial charge in [-0.15, -0.1) is 0 Å². The number of benzene rings is 4. The molecule has 0 unspecified atom stereocenters. The van der Waals surface area contributed by atoms with Gasteiger partial charge in [-0.1, -0.05) is 72.8 Å². The molecule has 6 rings (SSSR count). The van der Waals surface area contributed by atoms with Crippen molar-refractivity contribution in [3.8, 4) is 23.1 Å². The third-order valence-electron chi connectivity index (χ3n) is 6.69. The maximum absolute atomic E-state index is 10.5. The largest absolute Gasteiger partial charge is 0.578 e. The van der Waals surface area contributed by atoms with Crippen LogP contribution in [-0.4, -0.2) is 74.8 Å². The zero-order valence-electron chi connectivity index (χ0n) is 23.7. The number of hydrogen-bond acceptors (Lipinski definition) is 2. The topological polar surface area (TPSA) is 124 Å². The number of aryl methyl sites for hydroxylation is 2. The zero-order valence-corrected chi connectivity index (χ0v) is 26.6. The first-order valence-electron chi connectivity index (χ1n) is 13.3. The van der Waals surface area contributed by atoms with Gasteiger partial charge in [0, 0.05) is 23.9 Å². The maximum atomic E-state index is 10.5. The maximum Gasteiger partial charge on any atom is 0.377 e. The molecule has 43 heavy (non-hydrogen) atoms. The van der Waals surface area contributed by atoms with Crippen LogP contribution >= 0.6 is 0 Å². The summed E-state index contributed by atoms with van der Waals surface area (Å²) in [6.45, 7) is 3.60. The smallest absolute Gasteiger partial charge is 0.377 e. The minimum absolute atomic E-state index is 0. The molecule has 6 aromatic rings. The summed E-state index contributed by atoms with van der Waals surface area (Å²) in [6.07, 6.45) is 0. The van der Waals surface area contributed by atoms with E-state index in [-0.39, 0.29) is 47.2 Å². The summed E-state index contributed by atoms with van der Waals surface area (Å²) >= 11 is 0. The van der Waals surface area contributed by atoms with Crippen LogP contribution in [0.3, 0.4) is 0 Å². The molecule has 0 aliphatic rings. The molecule has 0 amide bonds. The number of aromatic nitrogens is 4. The Labute approximate surface area is 265 Å². The van der Waals surface area contributed by atoms with Gasteiger partial charge in [-0.05, 0) is 62.4 Å². The van der Waals surface area contributed by atoms with E-state index in [0.29, 0.717) is 33.6 Å². The van der Waals surface area contributed by atoms with Crippen LogP contribution in [0, 0.1) is 13.8 Å². The molecule has 8 nitrogen and oxygen atoms in total. The molecule has 0 saturated heterocycles. The summed E-state index contributed by atoms with van der Waals surface area (Å²) in [5, 5.41) is 25.4. The Hall–Kier alpha value is -4.96. The normalized spacial score (nSPS) is 10.3. The van der Waals surface area contributed by atoms with E-state index < -0.39 is 0 Å². The first-order chi connectivity index (χ1) is 20.4. The molecule has 0 saturated carbocycles. The van der Waals surface area contributed by atoms with E-state index in [0.717, 1.165) is 11.4 Å². The Morgan fingerprint density at radius 3 is 1.09 bits per heavy atom. The van der Waals surface area contributed by atoms with Gasteiger partial charge in [0.25, 0.3) is 0 Å². The Morgan fingerprint density at radius 2 is 0.791 bits per heavy atom. The van der Waals surface area contributed by atoms with Crippen molar-refractivity contribution in [3.05, 3.63) is 155 Å². The molecule has 0 atom stereocenters. The van der Waals surface area contributed by atoms with Gasteiger partial charge in [0.05, 0.1) is 33.9 Å². The van der Waals surface area contributed by atoms with Crippen molar-refractivity contribution in [2.45, 2.75) is 13.8 Å². The van der Waals surface area contributed by atoms with Crippen LogP contribution in [0.25, 0.3) is 11.4 Å². The minimum atomic E-state index is 0. The van der Waals surface area contributed by atoms with Gasteiger partial charge in [-0.2, -0.15) is 19.6 Å². The molecule has 0 aliphatic carbocycles. The molecule has 4 aromatic carbocycles. The van der Waals surface area contributed by atoms with Crippen molar-refractivity contribution in [1.82, 2.24) is 19.6 Å². The third-order valence-corrected chi connectivity index (χ3v) is 6.69. The van der Waals surface area contributed by atoms with Crippen molar-refractivity contribution < 1.29 is 19.8 Å². The second kappa shape index (κ2) is 13.8. The van der Waals surface area contributed by atoms with Crippen molar-refractivity contribution in [2.75, 3.05) is 0 Å². The summed E-state index contributed by atoms with van der Waals surface area (Å²) < 4.78 is 3.06. The second-order valence-corrected chi connectivity index (χ2v) is 9.54. The summed E-state index contributed by atoms with van der Waals surface area (Å²) in [5.41, 5.74) is 5.16. The monoisotopic (exact) mass is 680 g/mol. The van der Waals surface area contributed by atoms with Crippen LogP contribution in [0.5, 0.6) is 11.8 Å². The van der Waals surface area contributed by atoms with E-state index in [1.165, 1.54) is 9.36 Å². The Bertz CT molecular complexity index is 1700. The van der Waals surface area contributed by atoms with Crippen molar-refractivity contribution >= 4 is 35.5 Å². The molecule has 2 heterocycles. The molecule has 0 spiro atoms. The van der Waals surface area contributed by atoms with Crippen LogP contribution in [0.1, 0.15) is 33.6 Å². The molecule has 212 valence electrons. The number of para-hydroxylation sites is 2. The van der Waals surface area contributed by atoms with Gasteiger partial charge in [0.2, 0.25) is 11.1 Å². The van der Waals surface area contributed by atoms with E-state index in [1.807, 2.05) is 121 Å². The number of rotatable bonds is 6. The molecule has 6 N–H and O–H groups in total. The fourth-order valence-corrected chi connectivity index (χ4v) is 4.61. The van der Waals surface area contributed by atoms with Gasteiger partial charge < -0.3 is 10.2 Å². The number of carbonyl (C=O) groups excluding carboxylic acids is 2. The van der Waals surface area contributed by atoms with Gasteiger partial charge in [-0.25, -0.2) is 0 Å². The van der Waals surface area contributed by atoms with E-state index >= 15 is 0 Å². The summed E-state index contributed by atoms with van der Waals surface area (Å²) in [4.78, 5) is 20.9. The minimum Gasteiger partial charge on any atom is -0.578 e. The van der Waals surface area contributed by atoms with E-state index in [1.54, 1.807) is 13.8 Å². The Morgan fingerprint density at radius 1 is 0.512 bits per heavy atom. The number of hydrogen-bond donors (Lipinski definition) is 0. The van der Waals surface area contributed by atoms with Crippen LogP contribution in [-0.2, 0) is 0 Å². The molecule has 4 radical (unpaired) electrons. The molecule has 0 bridgehead atoms. The summed E-state index contributed by atoms with van der Waals surface area (Å²) in [7, 11) is 0. The Kier molecular flexibility index (Phi) is 9.94. The third kappa shape index (κ3) is 6.59. The van der Waals surface area contributed by atoms with Crippen molar-refractivity contribution in [1.29, 1.82) is 0 Å². The van der Waals surface area contributed by atoms with Crippen LogP contribution < -0.4 is 0 Å². The first-order valence-corrected chi connectivity index (χ1v) is 13.3. The van der Waals surface area contributed by atoms with E-state index in [4.69, 9.17) is 10.2 Å². The zero-order chi connectivity index (χ0) is 29.6. The fourth-order valence-electron chi connectivity index (χ4n) is 4.61. The second-order valence-electron chi connectivity index (χ2n) is 9.54. The average molecular weight is 679 g/mol. The number of nitrogens with zero attached hydrogens (tertiary/aromatic N) is 4. The Balaban J connectivity index is 0.000000192. The summed E-state index contributed by atoms with van der Waals surface area (Å²) in [6, 6.07) is 37.4. The van der Waals surface area contributed by atoms with Gasteiger partial charge in [-0.3, -0.25) is 9.59 Å². The molecular formula is C34H32N4O4Sn+4. The molecule has 9 heteroatoms. The van der Waals surface area contributed by atoms with Crippen LogP contribution in [0.4, 0.5) is 0 Å². The predicted molar refractivity (Wildman–Crippen MR) is 172 cm³/mol. The molecule has 0 fully saturated rings.